The van der Waals surface area contributed by atoms with Crippen LogP contribution in [0.4, 0.5) is 0 Å². The molecule has 4 heteroatoms. The third-order valence-corrected chi connectivity index (χ3v) is 6.54. The maximum absolute atomic E-state index is 11.9. The first-order valence-corrected chi connectivity index (χ1v) is 9.59. The van der Waals surface area contributed by atoms with Gasteiger partial charge in [-0.3, -0.25) is 0 Å². The first-order valence-electron chi connectivity index (χ1n) is 7.77. The summed E-state index contributed by atoms with van der Waals surface area (Å²) in [4.78, 5) is 0. The Bertz CT molecular complexity index is 351. The molecule has 0 aliphatic heterocycles. The highest BCUT2D eigenvalue weighted by atomic mass is 32.2. The van der Waals surface area contributed by atoms with Crippen molar-refractivity contribution in [3.05, 3.63) is 0 Å². The Hall–Kier alpha value is -0.0900. The SMILES string of the molecule is CCCS(=O)(=O)CCC1CC(C(C)C)CCC1NC. The topological polar surface area (TPSA) is 46.2 Å². The maximum atomic E-state index is 11.9. The van der Waals surface area contributed by atoms with Gasteiger partial charge in [-0.05, 0) is 56.9 Å². The Kier molecular flexibility index (Phi) is 6.81. The monoisotopic (exact) mass is 289 g/mol. The minimum absolute atomic E-state index is 0.345. The van der Waals surface area contributed by atoms with Crippen LogP contribution in [0, 0.1) is 17.8 Å². The van der Waals surface area contributed by atoms with Crippen molar-refractivity contribution < 1.29 is 8.42 Å². The standard InChI is InChI=1S/C15H31NO2S/c1-5-9-19(17,18)10-8-14-11-13(12(2)3)6-7-15(14)16-4/h12-16H,5-11H2,1-4H3. The van der Waals surface area contributed by atoms with Gasteiger partial charge < -0.3 is 5.32 Å². The first-order chi connectivity index (χ1) is 8.89. The second kappa shape index (κ2) is 7.63. The Morgan fingerprint density at radius 3 is 2.42 bits per heavy atom. The largest absolute Gasteiger partial charge is 0.317 e. The van der Waals surface area contributed by atoms with Crippen molar-refractivity contribution in [3.8, 4) is 0 Å². The molecule has 1 aliphatic carbocycles. The fraction of sp³-hybridized carbons (Fsp3) is 1.00. The van der Waals surface area contributed by atoms with Crippen molar-refractivity contribution >= 4 is 9.84 Å². The Morgan fingerprint density at radius 1 is 1.21 bits per heavy atom. The van der Waals surface area contributed by atoms with E-state index in [-0.39, 0.29) is 0 Å². The lowest BCUT2D eigenvalue weighted by Gasteiger charge is -2.38. The Morgan fingerprint density at radius 2 is 1.89 bits per heavy atom. The molecule has 0 radical (unpaired) electrons. The molecule has 3 atom stereocenters. The number of hydrogen-bond donors (Lipinski definition) is 1. The molecular weight excluding hydrogens is 258 g/mol. The molecule has 0 amide bonds. The van der Waals surface area contributed by atoms with E-state index in [4.69, 9.17) is 0 Å². The second-order valence-corrected chi connectivity index (χ2v) is 8.72. The summed E-state index contributed by atoms with van der Waals surface area (Å²) in [6, 6.07) is 0.506. The van der Waals surface area contributed by atoms with Gasteiger partial charge in [0.25, 0.3) is 0 Å². The van der Waals surface area contributed by atoms with Crippen LogP contribution in [0.25, 0.3) is 0 Å². The van der Waals surface area contributed by atoms with Crippen LogP contribution >= 0.6 is 0 Å². The van der Waals surface area contributed by atoms with Gasteiger partial charge >= 0.3 is 0 Å². The summed E-state index contributed by atoms with van der Waals surface area (Å²) in [7, 11) is -0.820. The Balaban J connectivity index is 2.56. The molecule has 0 bridgehead atoms. The number of sulfone groups is 1. The molecule has 3 nitrogen and oxygen atoms in total. The van der Waals surface area contributed by atoms with Crippen molar-refractivity contribution in [3.63, 3.8) is 0 Å². The van der Waals surface area contributed by atoms with E-state index < -0.39 is 9.84 Å². The van der Waals surface area contributed by atoms with Gasteiger partial charge in [0.15, 0.2) is 0 Å². The summed E-state index contributed by atoms with van der Waals surface area (Å²) >= 11 is 0. The van der Waals surface area contributed by atoms with E-state index in [0.29, 0.717) is 29.4 Å². The van der Waals surface area contributed by atoms with Gasteiger partial charge in [-0.25, -0.2) is 8.42 Å². The molecule has 3 unspecified atom stereocenters. The van der Waals surface area contributed by atoms with Crippen molar-refractivity contribution in [1.29, 1.82) is 0 Å². The van der Waals surface area contributed by atoms with E-state index in [1.807, 2.05) is 14.0 Å². The van der Waals surface area contributed by atoms with Crippen LogP contribution in [0.5, 0.6) is 0 Å². The molecular formula is C15H31NO2S. The van der Waals surface area contributed by atoms with Gasteiger partial charge in [-0.2, -0.15) is 0 Å². The highest BCUT2D eigenvalue weighted by Crippen LogP contribution is 2.35. The predicted molar refractivity (Wildman–Crippen MR) is 82.1 cm³/mol. The number of nitrogens with one attached hydrogen (secondary N) is 1. The highest BCUT2D eigenvalue weighted by molar-refractivity contribution is 7.91. The van der Waals surface area contributed by atoms with E-state index in [1.54, 1.807) is 0 Å². The quantitative estimate of drug-likeness (QED) is 0.784. The minimum atomic E-state index is -2.83. The van der Waals surface area contributed by atoms with E-state index in [2.05, 4.69) is 19.2 Å². The van der Waals surface area contributed by atoms with Crippen LogP contribution in [-0.2, 0) is 9.84 Å². The summed E-state index contributed by atoms with van der Waals surface area (Å²) in [5, 5.41) is 3.39. The molecule has 0 aromatic heterocycles. The highest BCUT2D eigenvalue weighted by Gasteiger charge is 2.31. The van der Waals surface area contributed by atoms with Crippen molar-refractivity contribution in [2.24, 2.45) is 17.8 Å². The van der Waals surface area contributed by atoms with Crippen molar-refractivity contribution in [2.75, 3.05) is 18.6 Å². The second-order valence-electron chi connectivity index (χ2n) is 6.41. The smallest absolute Gasteiger partial charge is 0.150 e. The molecule has 0 heterocycles. The van der Waals surface area contributed by atoms with Crippen LogP contribution in [0.2, 0.25) is 0 Å². The molecule has 1 rings (SSSR count). The summed E-state index contributed by atoms with van der Waals surface area (Å²) in [6.07, 6.45) is 5.22. The van der Waals surface area contributed by atoms with Gasteiger partial charge in [0.1, 0.15) is 9.84 Å². The fourth-order valence-electron chi connectivity index (χ4n) is 3.35. The normalized spacial score (nSPS) is 28.8. The van der Waals surface area contributed by atoms with Gasteiger partial charge in [0.05, 0.1) is 5.75 Å². The minimum Gasteiger partial charge on any atom is -0.317 e. The van der Waals surface area contributed by atoms with Crippen molar-refractivity contribution in [1.82, 2.24) is 5.32 Å². The van der Waals surface area contributed by atoms with Gasteiger partial charge in [-0.1, -0.05) is 20.8 Å². The fourth-order valence-corrected chi connectivity index (χ4v) is 4.84. The van der Waals surface area contributed by atoms with E-state index >= 15 is 0 Å². The summed E-state index contributed by atoms with van der Waals surface area (Å²) in [5.74, 6) is 2.72. The molecule has 1 saturated carbocycles. The first kappa shape index (κ1) is 17.0. The average molecular weight is 289 g/mol. The lowest BCUT2D eigenvalue weighted by atomic mass is 9.73. The lowest BCUT2D eigenvalue weighted by Crippen LogP contribution is -2.40. The Labute approximate surface area is 119 Å². The molecule has 1 N–H and O–H groups in total. The molecule has 0 spiro atoms. The van der Waals surface area contributed by atoms with Crippen LogP contribution in [0.1, 0.15) is 52.9 Å². The maximum Gasteiger partial charge on any atom is 0.150 e. The molecule has 19 heavy (non-hydrogen) atoms. The average Bonchev–Trinajstić information content (AvgIpc) is 2.36. The van der Waals surface area contributed by atoms with E-state index in [9.17, 15) is 8.42 Å². The van der Waals surface area contributed by atoms with Gasteiger partial charge in [0.2, 0.25) is 0 Å². The van der Waals surface area contributed by atoms with Gasteiger partial charge in [-0.15, -0.1) is 0 Å². The number of rotatable bonds is 7. The zero-order valence-corrected chi connectivity index (χ0v) is 13.8. The third-order valence-electron chi connectivity index (χ3n) is 4.65. The molecule has 1 fully saturated rings. The molecule has 0 saturated heterocycles. The molecule has 0 aromatic carbocycles. The van der Waals surface area contributed by atoms with E-state index in [0.717, 1.165) is 18.8 Å². The van der Waals surface area contributed by atoms with Crippen LogP contribution in [0.3, 0.4) is 0 Å². The molecule has 114 valence electrons. The summed E-state index contributed by atoms with van der Waals surface area (Å²) < 4.78 is 23.7. The molecule has 1 aliphatic rings. The van der Waals surface area contributed by atoms with Crippen LogP contribution in [0.15, 0.2) is 0 Å². The zero-order valence-electron chi connectivity index (χ0n) is 13.0. The van der Waals surface area contributed by atoms with Crippen LogP contribution < -0.4 is 5.32 Å². The van der Waals surface area contributed by atoms with Crippen LogP contribution in [-0.4, -0.2) is 33.0 Å². The predicted octanol–water partition coefficient (Wildman–Crippen LogP) is 2.86. The third kappa shape index (κ3) is 5.42. The number of hydrogen-bond acceptors (Lipinski definition) is 3. The van der Waals surface area contributed by atoms with Gasteiger partial charge in [0, 0.05) is 11.8 Å². The summed E-state index contributed by atoms with van der Waals surface area (Å²) in [5.41, 5.74) is 0. The van der Waals surface area contributed by atoms with Crippen molar-refractivity contribution in [2.45, 2.75) is 58.9 Å². The summed E-state index contributed by atoms with van der Waals surface area (Å²) in [6.45, 7) is 6.51. The lowest BCUT2D eigenvalue weighted by molar-refractivity contribution is 0.170. The molecule has 0 aromatic rings. The zero-order chi connectivity index (χ0) is 14.5. The van der Waals surface area contributed by atoms with E-state index in [1.165, 1.54) is 19.3 Å².